The van der Waals surface area contributed by atoms with Gasteiger partial charge >= 0.3 is 0 Å². The number of imidazole rings is 1. The summed E-state index contributed by atoms with van der Waals surface area (Å²) in [5.74, 6) is 1.21. The molecule has 5 aromatic rings. The molecule has 3 N–H and O–H groups in total. The second kappa shape index (κ2) is 9.23. The largest absolute Gasteiger partial charge is 0.385 e. The van der Waals surface area contributed by atoms with Crippen LogP contribution in [0.15, 0.2) is 72.9 Å². The third-order valence-electron chi connectivity index (χ3n) is 6.12. The Balaban J connectivity index is 1.40. The summed E-state index contributed by atoms with van der Waals surface area (Å²) >= 11 is 6.56. The van der Waals surface area contributed by atoms with E-state index in [1.807, 2.05) is 41.7 Å². The van der Waals surface area contributed by atoms with Crippen LogP contribution in [0.2, 0.25) is 5.02 Å². The quantitative estimate of drug-likeness (QED) is 0.284. The predicted octanol–water partition coefficient (Wildman–Crippen LogP) is 6.03. The molecule has 7 heteroatoms. The van der Waals surface area contributed by atoms with Crippen molar-refractivity contribution < 1.29 is 0 Å². The van der Waals surface area contributed by atoms with Gasteiger partial charge in [-0.05, 0) is 55.3 Å². The monoisotopic (exact) mass is 470 g/mol. The van der Waals surface area contributed by atoms with Crippen molar-refractivity contribution in [2.24, 2.45) is 0 Å². The Hall–Kier alpha value is -3.77. The van der Waals surface area contributed by atoms with Crippen LogP contribution in [0.4, 0.5) is 17.2 Å². The lowest BCUT2D eigenvalue weighted by Crippen LogP contribution is -2.20. The van der Waals surface area contributed by atoms with E-state index in [-0.39, 0.29) is 0 Å². The number of para-hydroxylation sites is 1. The summed E-state index contributed by atoms with van der Waals surface area (Å²) in [7, 11) is 2.12. The lowest BCUT2D eigenvalue weighted by atomic mass is 10.1. The van der Waals surface area contributed by atoms with Gasteiger partial charge in [0, 0.05) is 37.1 Å². The number of rotatable bonds is 7. The third kappa shape index (κ3) is 4.13. The summed E-state index contributed by atoms with van der Waals surface area (Å²) in [6.45, 7) is 3.85. The second-order valence-electron chi connectivity index (χ2n) is 8.47. The fourth-order valence-electron chi connectivity index (χ4n) is 4.33. The van der Waals surface area contributed by atoms with E-state index in [1.165, 1.54) is 5.69 Å². The van der Waals surface area contributed by atoms with Gasteiger partial charge in [0.25, 0.3) is 0 Å². The number of hydrogen-bond donors (Lipinski definition) is 2. The van der Waals surface area contributed by atoms with Crippen LogP contribution in [0, 0.1) is 6.92 Å². The first-order valence-electron chi connectivity index (χ1n) is 11.3. The number of halogens is 1. The lowest BCUT2D eigenvalue weighted by Gasteiger charge is -2.19. The third-order valence-corrected chi connectivity index (χ3v) is 6.44. The van der Waals surface area contributed by atoms with Gasteiger partial charge in [0.1, 0.15) is 17.2 Å². The molecule has 0 aliphatic heterocycles. The summed E-state index contributed by atoms with van der Waals surface area (Å²) in [4.78, 5) is 11.6. The highest BCUT2D eigenvalue weighted by Crippen LogP contribution is 2.34. The van der Waals surface area contributed by atoms with Crippen LogP contribution < -0.4 is 16.0 Å². The second-order valence-corrected chi connectivity index (χ2v) is 8.88. The Labute approximate surface area is 204 Å². The van der Waals surface area contributed by atoms with Gasteiger partial charge in [-0.15, -0.1) is 0 Å². The number of benzene rings is 3. The number of anilines is 3. The summed E-state index contributed by atoms with van der Waals surface area (Å²) in [6.07, 6.45) is 2.77. The zero-order chi connectivity index (χ0) is 23.7. The maximum absolute atomic E-state index is 6.56. The van der Waals surface area contributed by atoms with E-state index in [2.05, 4.69) is 63.6 Å². The molecule has 2 aromatic heterocycles. The molecule has 0 spiro atoms. The van der Waals surface area contributed by atoms with Crippen molar-refractivity contribution in [2.45, 2.75) is 13.3 Å². The molecule has 3 aromatic carbocycles. The van der Waals surface area contributed by atoms with Crippen molar-refractivity contribution in [2.75, 3.05) is 36.1 Å². The van der Waals surface area contributed by atoms with Crippen molar-refractivity contribution in [3.63, 3.8) is 0 Å². The number of aromatic nitrogens is 3. The van der Waals surface area contributed by atoms with E-state index >= 15 is 0 Å². The van der Waals surface area contributed by atoms with Crippen molar-refractivity contribution in [3.05, 3.63) is 83.5 Å². The van der Waals surface area contributed by atoms with Crippen molar-refractivity contribution >= 4 is 45.3 Å². The highest BCUT2D eigenvalue weighted by Gasteiger charge is 2.17. The number of nitrogens with one attached hydrogen (secondary N) is 1. The minimum absolute atomic E-state index is 0.442. The number of nitrogens with zero attached hydrogens (tertiary/aromatic N) is 4. The van der Waals surface area contributed by atoms with E-state index in [0.717, 1.165) is 58.7 Å². The predicted molar refractivity (Wildman–Crippen MR) is 143 cm³/mol. The average molecular weight is 471 g/mol. The van der Waals surface area contributed by atoms with Gasteiger partial charge in [0.2, 0.25) is 0 Å². The van der Waals surface area contributed by atoms with E-state index in [0.29, 0.717) is 10.8 Å². The van der Waals surface area contributed by atoms with Crippen LogP contribution in [0.1, 0.15) is 12.0 Å². The van der Waals surface area contributed by atoms with Gasteiger partial charge in [0.15, 0.2) is 0 Å². The van der Waals surface area contributed by atoms with Crippen LogP contribution in [-0.4, -0.2) is 34.5 Å². The zero-order valence-corrected chi connectivity index (χ0v) is 20.0. The van der Waals surface area contributed by atoms with Crippen molar-refractivity contribution in [1.29, 1.82) is 0 Å². The fourth-order valence-corrected chi connectivity index (χ4v) is 4.63. The van der Waals surface area contributed by atoms with Gasteiger partial charge in [-0.25, -0.2) is 9.97 Å². The summed E-state index contributed by atoms with van der Waals surface area (Å²) in [5.41, 5.74) is 13.0. The van der Waals surface area contributed by atoms with Crippen LogP contribution in [0.5, 0.6) is 0 Å². The van der Waals surface area contributed by atoms with Gasteiger partial charge in [-0.2, -0.15) is 0 Å². The Kier molecular flexibility index (Phi) is 5.99. The molecule has 0 saturated carbocycles. The highest BCUT2D eigenvalue weighted by atomic mass is 35.5. The van der Waals surface area contributed by atoms with Gasteiger partial charge in [0.05, 0.1) is 22.3 Å². The van der Waals surface area contributed by atoms with E-state index in [9.17, 15) is 0 Å². The van der Waals surface area contributed by atoms with Gasteiger partial charge in [-0.1, -0.05) is 41.9 Å². The lowest BCUT2D eigenvalue weighted by molar-refractivity contribution is 0.816. The van der Waals surface area contributed by atoms with E-state index < -0.39 is 0 Å². The first kappa shape index (κ1) is 22.0. The topological polar surface area (TPSA) is 71.5 Å². The number of nitrogens with two attached hydrogens (primary N) is 1. The first-order chi connectivity index (χ1) is 16.5. The van der Waals surface area contributed by atoms with Crippen LogP contribution in [0.25, 0.3) is 27.9 Å². The number of hydrogen-bond acceptors (Lipinski definition) is 5. The molecule has 0 bridgehead atoms. The molecule has 0 atom stereocenters. The van der Waals surface area contributed by atoms with Crippen molar-refractivity contribution in [3.8, 4) is 11.4 Å². The average Bonchev–Trinajstić information content (AvgIpc) is 3.28. The molecule has 2 heterocycles. The van der Waals surface area contributed by atoms with Crippen LogP contribution in [0.3, 0.4) is 0 Å². The zero-order valence-electron chi connectivity index (χ0n) is 19.3. The highest BCUT2D eigenvalue weighted by molar-refractivity contribution is 6.33. The molecule has 0 unspecified atom stereocenters. The number of aryl methyl sites for hydroxylation is 1. The molecule has 0 aliphatic carbocycles. The molecule has 0 radical (unpaired) electrons. The maximum atomic E-state index is 6.56. The molecule has 0 fully saturated rings. The molecule has 172 valence electrons. The molecular weight excluding hydrogens is 444 g/mol. The van der Waals surface area contributed by atoms with Gasteiger partial charge in [-0.3, -0.25) is 4.40 Å². The molecule has 0 aliphatic rings. The Bertz CT molecular complexity index is 1440. The van der Waals surface area contributed by atoms with Crippen LogP contribution >= 0.6 is 11.6 Å². The van der Waals surface area contributed by atoms with E-state index in [4.69, 9.17) is 17.3 Å². The summed E-state index contributed by atoms with van der Waals surface area (Å²) in [5, 5.41) is 4.18. The molecular formula is C27H27ClN6. The maximum Gasteiger partial charge on any atom is 0.150 e. The minimum Gasteiger partial charge on any atom is -0.385 e. The fraction of sp³-hybridized carbons (Fsp3) is 0.185. The molecule has 5 rings (SSSR count). The Morgan fingerprint density at radius 3 is 2.65 bits per heavy atom. The molecule has 0 amide bonds. The normalized spacial score (nSPS) is 11.3. The molecule has 6 nitrogen and oxygen atoms in total. The standard InChI is InChI=1S/C27H27ClN6/c1-18-8-6-11-21(28)25(18)27-31-17-24-26(29)32-22-16-19(12-13-23(22)34(24)27)30-14-7-15-33(2)20-9-4-3-5-10-20/h3-6,8-13,16-17,30H,7,14-15H2,1-2H3,(H2,29,32). The summed E-state index contributed by atoms with van der Waals surface area (Å²) in [6, 6.07) is 22.5. The molecule has 0 saturated heterocycles. The number of fused-ring (bicyclic) bond motifs is 3. The SMILES string of the molecule is Cc1cccc(Cl)c1-c1ncc2c(N)nc3cc(NCCCN(C)c4ccccc4)ccc3n12. The Morgan fingerprint density at radius 2 is 1.85 bits per heavy atom. The van der Waals surface area contributed by atoms with Crippen molar-refractivity contribution in [1.82, 2.24) is 14.4 Å². The Morgan fingerprint density at radius 1 is 1.03 bits per heavy atom. The van der Waals surface area contributed by atoms with E-state index in [1.54, 1.807) is 6.20 Å². The number of nitrogen functional groups attached to an aromatic ring is 1. The van der Waals surface area contributed by atoms with Gasteiger partial charge < -0.3 is 16.0 Å². The summed E-state index contributed by atoms with van der Waals surface area (Å²) < 4.78 is 2.05. The minimum atomic E-state index is 0.442. The smallest absolute Gasteiger partial charge is 0.150 e. The van der Waals surface area contributed by atoms with Crippen LogP contribution in [-0.2, 0) is 0 Å². The first-order valence-corrected chi connectivity index (χ1v) is 11.7. The molecule has 34 heavy (non-hydrogen) atoms.